The van der Waals surface area contributed by atoms with E-state index in [9.17, 15) is 9.59 Å². The molecule has 1 N–H and O–H groups in total. The maximum Gasteiger partial charge on any atom is 0.234 e. The number of benzene rings is 3. The van der Waals surface area contributed by atoms with Crippen LogP contribution in [0.1, 0.15) is 28.4 Å². The Balaban J connectivity index is 1.42. The summed E-state index contributed by atoms with van der Waals surface area (Å²) < 4.78 is 1.90. The highest BCUT2D eigenvalue weighted by Crippen LogP contribution is 2.23. The second-order valence-corrected chi connectivity index (χ2v) is 8.02. The van der Waals surface area contributed by atoms with Gasteiger partial charge in [0.25, 0.3) is 0 Å². The zero-order valence-corrected chi connectivity index (χ0v) is 18.4. The van der Waals surface area contributed by atoms with Gasteiger partial charge in [-0.05, 0) is 30.2 Å². The molecule has 32 heavy (non-hydrogen) atoms. The largest absolute Gasteiger partial charge is 0.325 e. The molecule has 160 valence electrons. The highest BCUT2D eigenvalue weighted by molar-refractivity contribution is 7.99. The lowest BCUT2D eigenvalue weighted by Crippen LogP contribution is -2.15. The minimum atomic E-state index is -0.183. The van der Waals surface area contributed by atoms with Crippen LogP contribution in [0.2, 0.25) is 0 Å². The van der Waals surface area contributed by atoms with E-state index in [1.165, 1.54) is 17.3 Å². The molecule has 1 heterocycles. The fourth-order valence-corrected chi connectivity index (χ4v) is 4.08. The molecule has 0 unspecified atom stereocenters. The van der Waals surface area contributed by atoms with Crippen LogP contribution in [0.15, 0.2) is 90.3 Å². The normalized spacial score (nSPS) is 10.7. The van der Waals surface area contributed by atoms with Crippen LogP contribution in [0.25, 0.3) is 5.69 Å². The third-order valence-corrected chi connectivity index (χ3v) is 5.87. The second kappa shape index (κ2) is 10.1. The van der Waals surface area contributed by atoms with Crippen LogP contribution < -0.4 is 5.32 Å². The number of amides is 1. The van der Waals surface area contributed by atoms with Gasteiger partial charge in [0.15, 0.2) is 10.9 Å². The fourth-order valence-electron chi connectivity index (χ4n) is 3.35. The predicted octanol–water partition coefficient (Wildman–Crippen LogP) is 4.79. The number of para-hydroxylation sites is 1. The van der Waals surface area contributed by atoms with E-state index in [1.54, 1.807) is 42.7 Å². The highest BCUT2D eigenvalue weighted by Gasteiger charge is 2.13. The third kappa shape index (κ3) is 4.95. The van der Waals surface area contributed by atoms with Gasteiger partial charge in [-0.1, -0.05) is 79.3 Å². The van der Waals surface area contributed by atoms with Crippen LogP contribution in [-0.2, 0) is 11.2 Å². The molecule has 0 bridgehead atoms. The van der Waals surface area contributed by atoms with Gasteiger partial charge in [-0.3, -0.25) is 14.2 Å². The van der Waals surface area contributed by atoms with Crippen molar-refractivity contribution in [2.45, 2.75) is 18.5 Å². The van der Waals surface area contributed by atoms with Crippen molar-refractivity contribution in [2.24, 2.45) is 0 Å². The summed E-state index contributed by atoms with van der Waals surface area (Å²) in [4.78, 5) is 25.2. The summed E-state index contributed by atoms with van der Waals surface area (Å²) in [7, 11) is 0. The van der Waals surface area contributed by atoms with Crippen LogP contribution in [0.5, 0.6) is 0 Å². The highest BCUT2D eigenvalue weighted by atomic mass is 32.2. The van der Waals surface area contributed by atoms with Crippen molar-refractivity contribution in [3.8, 4) is 5.69 Å². The van der Waals surface area contributed by atoms with Crippen LogP contribution >= 0.6 is 11.8 Å². The number of aryl methyl sites for hydroxylation is 1. The lowest BCUT2D eigenvalue weighted by Gasteiger charge is -2.11. The van der Waals surface area contributed by atoms with Crippen molar-refractivity contribution in [2.75, 3.05) is 11.1 Å². The molecular formula is C25H22N4O2S. The molecule has 3 aromatic carbocycles. The van der Waals surface area contributed by atoms with Crippen LogP contribution in [0, 0.1) is 0 Å². The van der Waals surface area contributed by atoms with Crippen molar-refractivity contribution in [1.82, 2.24) is 14.8 Å². The van der Waals surface area contributed by atoms with E-state index in [4.69, 9.17) is 0 Å². The molecule has 1 amide bonds. The summed E-state index contributed by atoms with van der Waals surface area (Å²) in [5.74, 6) is -0.0967. The number of rotatable bonds is 8. The standard InChI is InChI=1S/C25H22N4O2S/c1-2-18-9-6-7-14-22(18)29-17-26-28-25(29)32-16-23(30)27-21-13-8-12-20(15-21)24(31)19-10-4-3-5-11-19/h3-15,17H,2,16H2,1H3,(H,27,30). The van der Waals surface area contributed by atoms with E-state index in [0.29, 0.717) is 22.0 Å². The van der Waals surface area contributed by atoms with Gasteiger partial charge in [-0.2, -0.15) is 0 Å². The Morgan fingerprint density at radius 1 is 0.938 bits per heavy atom. The number of nitrogens with zero attached hydrogens (tertiary/aromatic N) is 3. The molecule has 4 aromatic rings. The Labute approximate surface area is 190 Å². The second-order valence-electron chi connectivity index (χ2n) is 7.08. The van der Waals surface area contributed by atoms with Crippen LogP contribution in [0.3, 0.4) is 0 Å². The fraction of sp³-hybridized carbons (Fsp3) is 0.120. The Hall–Kier alpha value is -3.71. The van der Waals surface area contributed by atoms with Gasteiger partial charge in [-0.25, -0.2) is 0 Å². The molecule has 0 saturated carbocycles. The van der Waals surface area contributed by atoms with E-state index in [-0.39, 0.29) is 17.4 Å². The molecule has 7 heteroatoms. The summed E-state index contributed by atoms with van der Waals surface area (Å²) in [5.41, 5.74) is 3.90. The number of hydrogen-bond donors (Lipinski definition) is 1. The molecule has 0 fully saturated rings. The Kier molecular flexibility index (Phi) is 6.77. The van der Waals surface area contributed by atoms with E-state index in [1.807, 2.05) is 41.0 Å². The zero-order chi connectivity index (χ0) is 22.3. The summed E-state index contributed by atoms with van der Waals surface area (Å²) in [6.07, 6.45) is 2.55. The summed E-state index contributed by atoms with van der Waals surface area (Å²) in [6, 6.07) is 24.1. The number of aromatic nitrogens is 3. The molecular weight excluding hydrogens is 420 g/mol. The first-order valence-electron chi connectivity index (χ1n) is 10.3. The minimum Gasteiger partial charge on any atom is -0.325 e. The molecule has 0 spiro atoms. The first-order valence-corrected chi connectivity index (χ1v) is 11.2. The van der Waals surface area contributed by atoms with Gasteiger partial charge in [0.1, 0.15) is 6.33 Å². The number of anilines is 1. The number of ketones is 1. The van der Waals surface area contributed by atoms with Crippen molar-refractivity contribution < 1.29 is 9.59 Å². The van der Waals surface area contributed by atoms with E-state index in [0.717, 1.165) is 12.1 Å². The first-order chi connectivity index (χ1) is 15.7. The summed E-state index contributed by atoms with van der Waals surface area (Å²) >= 11 is 1.31. The summed E-state index contributed by atoms with van der Waals surface area (Å²) in [5, 5.41) is 11.7. The predicted molar refractivity (Wildman–Crippen MR) is 126 cm³/mol. The lowest BCUT2D eigenvalue weighted by molar-refractivity contribution is -0.113. The molecule has 0 radical (unpaired) electrons. The zero-order valence-electron chi connectivity index (χ0n) is 17.6. The SMILES string of the molecule is CCc1ccccc1-n1cnnc1SCC(=O)Nc1cccc(C(=O)c2ccccc2)c1. The number of hydrogen-bond acceptors (Lipinski definition) is 5. The smallest absolute Gasteiger partial charge is 0.234 e. The van der Waals surface area contributed by atoms with Gasteiger partial charge < -0.3 is 5.32 Å². The minimum absolute atomic E-state index is 0.0845. The third-order valence-electron chi connectivity index (χ3n) is 4.93. The lowest BCUT2D eigenvalue weighted by atomic mass is 10.0. The molecule has 0 saturated heterocycles. The monoisotopic (exact) mass is 442 g/mol. The van der Waals surface area contributed by atoms with Gasteiger partial charge in [-0.15, -0.1) is 10.2 Å². The molecule has 6 nitrogen and oxygen atoms in total. The maximum absolute atomic E-state index is 12.7. The first kappa shape index (κ1) is 21.5. The molecule has 0 atom stereocenters. The van der Waals surface area contributed by atoms with Crippen molar-refractivity contribution in [1.29, 1.82) is 0 Å². The van der Waals surface area contributed by atoms with Crippen molar-refractivity contribution >= 4 is 29.1 Å². The Morgan fingerprint density at radius 2 is 1.69 bits per heavy atom. The van der Waals surface area contributed by atoms with Crippen molar-refractivity contribution in [3.63, 3.8) is 0 Å². The molecule has 4 rings (SSSR count). The number of thioether (sulfide) groups is 1. The Bertz CT molecular complexity index is 1240. The van der Waals surface area contributed by atoms with E-state index < -0.39 is 0 Å². The quantitative estimate of drug-likeness (QED) is 0.314. The summed E-state index contributed by atoms with van der Waals surface area (Å²) in [6.45, 7) is 2.10. The van der Waals surface area contributed by atoms with Gasteiger partial charge >= 0.3 is 0 Å². The van der Waals surface area contributed by atoms with E-state index >= 15 is 0 Å². The number of carbonyl (C=O) groups is 2. The number of nitrogens with one attached hydrogen (secondary N) is 1. The molecule has 0 aliphatic rings. The van der Waals surface area contributed by atoms with E-state index in [2.05, 4.69) is 28.5 Å². The van der Waals surface area contributed by atoms with Crippen LogP contribution in [-0.4, -0.2) is 32.2 Å². The Morgan fingerprint density at radius 3 is 2.50 bits per heavy atom. The van der Waals surface area contributed by atoms with Crippen LogP contribution in [0.4, 0.5) is 5.69 Å². The average molecular weight is 443 g/mol. The van der Waals surface area contributed by atoms with Gasteiger partial charge in [0.2, 0.25) is 5.91 Å². The maximum atomic E-state index is 12.7. The van der Waals surface area contributed by atoms with Gasteiger partial charge in [0, 0.05) is 16.8 Å². The van der Waals surface area contributed by atoms with Crippen molar-refractivity contribution in [3.05, 3.63) is 102 Å². The molecule has 0 aliphatic carbocycles. The molecule has 0 aliphatic heterocycles. The average Bonchev–Trinajstić information content (AvgIpc) is 3.31. The molecule has 1 aromatic heterocycles. The topological polar surface area (TPSA) is 76.9 Å². The van der Waals surface area contributed by atoms with Gasteiger partial charge in [0.05, 0.1) is 11.4 Å². The number of carbonyl (C=O) groups excluding carboxylic acids is 2.